The first-order valence-corrected chi connectivity index (χ1v) is 5.76. The van der Waals surface area contributed by atoms with E-state index < -0.39 is 5.97 Å². The van der Waals surface area contributed by atoms with Gasteiger partial charge in [-0.2, -0.15) is 0 Å². The first kappa shape index (κ1) is 12.5. The summed E-state index contributed by atoms with van der Waals surface area (Å²) in [4.78, 5) is 10.9. The zero-order chi connectivity index (χ0) is 13.1. The highest BCUT2D eigenvalue weighted by molar-refractivity contribution is 6.28. The number of halogens is 1. The van der Waals surface area contributed by atoms with E-state index in [1.165, 1.54) is 0 Å². The van der Waals surface area contributed by atoms with Gasteiger partial charge < -0.3 is 14.8 Å². The van der Waals surface area contributed by atoms with E-state index in [1.807, 2.05) is 6.92 Å². The van der Waals surface area contributed by atoms with Gasteiger partial charge in [0.2, 0.25) is 0 Å². The third kappa shape index (κ3) is 2.84. The van der Waals surface area contributed by atoms with Gasteiger partial charge in [0.05, 0.1) is 12.1 Å². The van der Waals surface area contributed by atoms with E-state index in [1.54, 1.807) is 30.3 Å². The molecule has 2 aromatic rings. The highest BCUT2D eigenvalue weighted by atomic mass is 35.5. The molecule has 4 nitrogen and oxygen atoms in total. The third-order valence-electron chi connectivity index (χ3n) is 2.57. The topological polar surface area (TPSA) is 62.5 Å². The standard InChI is InChI=1S/C13H12ClNO3/c1-8-2-3-9(13(16)17)6-11(8)15-7-10-4-5-12(14)18-10/h2-6,15H,7H2,1H3,(H,16,17). The lowest BCUT2D eigenvalue weighted by Gasteiger charge is -2.09. The average molecular weight is 266 g/mol. The molecule has 0 saturated carbocycles. The Labute approximate surface area is 109 Å². The normalized spacial score (nSPS) is 10.3. The van der Waals surface area contributed by atoms with Crippen molar-refractivity contribution >= 4 is 23.3 Å². The summed E-state index contributed by atoms with van der Waals surface area (Å²) in [5.41, 5.74) is 1.99. The predicted molar refractivity (Wildman–Crippen MR) is 69.2 cm³/mol. The molecule has 0 amide bonds. The van der Waals surface area contributed by atoms with Gasteiger partial charge in [-0.25, -0.2) is 4.79 Å². The van der Waals surface area contributed by atoms with Gasteiger partial charge in [-0.3, -0.25) is 0 Å². The molecule has 0 aliphatic carbocycles. The van der Waals surface area contributed by atoms with Crippen LogP contribution in [0.5, 0.6) is 0 Å². The lowest BCUT2D eigenvalue weighted by molar-refractivity contribution is 0.0697. The molecular formula is C13H12ClNO3. The summed E-state index contributed by atoms with van der Waals surface area (Å²) in [5.74, 6) is -0.251. The predicted octanol–water partition coefficient (Wildman–Crippen LogP) is 3.55. The summed E-state index contributed by atoms with van der Waals surface area (Å²) >= 11 is 5.67. The minimum Gasteiger partial charge on any atom is -0.478 e. The molecule has 2 rings (SSSR count). The maximum Gasteiger partial charge on any atom is 0.335 e. The molecule has 0 radical (unpaired) electrons. The van der Waals surface area contributed by atoms with E-state index in [-0.39, 0.29) is 5.56 Å². The third-order valence-corrected chi connectivity index (χ3v) is 2.77. The summed E-state index contributed by atoms with van der Waals surface area (Å²) in [7, 11) is 0. The van der Waals surface area contributed by atoms with Gasteiger partial charge in [0.1, 0.15) is 5.76 Å². The lowest BCUT2D eigenvalue weighted by Crippen LogP contribution is -2.03. The molecule has 0 bridgehead atoms. The molecule has 2 N–H and O–H groups in total. The van der Waals surface area contributed by atoms with Crippen LogP contribution in [0.2, 0.25) is 5.22 Å². The number of carbonyl (C=O) groups is 1. The second-order valence-electron chi connectivity index (χ2n) is 3.89. The lowest BCUT2D eigenvalue weighted by atomic mass is 10.1. The molecular weight excluding hydrogens is 254 g/mol. The molecule has 5 heteroatoms. The van der Waals surface area contributed by atoms with Crippen molar-refractivity contribution in [3.8, 4) is 0 Å². The Hall–Kier alpha value is -1.94. The van der Waals surface area contributed by atoms with Gasteiger partial charge in [0, 0.05) is 5.69 Å². The van der Waals surface area contributed by atoms with Crippen LogP contribution in [-0.4, -0.2) is 11.1 Å². The summed E-state index contributed by atoms with van der Waals surface area (Å²) in [6, 6.07) is 8.38. The number of hydrogen-bond donors (Lipinski definition) is 2. The number of nitrogens with one attached hydrogen (secondary N) is 1. The second-order valence-corrected chi connectivity index (χ2v) is 4.27. The minimum atomic E-state index is -0.945. The Morgan fingerprint density at radius 3 is 2.78 bits per heavy atom. The number of carboxylic acid groups (broad SMARTS) is 1. The Kier molecular flexibility index (Phi) is 3.58. The molecule has 0 atom stereocenters. The van der Waals surface area contributed by atoms with Crippen LogP contribution in [0, 0.1) is 6.92 Å². The Morgan fingerprint density at radius 1 is 1.39 bits per heavy atom. The minimum absolute atomic E-state index is 0.251. The summed E-state index contributed by atoms with van der Waals surface area (Å²) in [6.07, 6.45) is 0. The summed E-state index contributed by atoms with van der Waals surface area (Å²) in [6.45, 7) is 2.36. The quantitative estimate of drug-likeness (QED) is 0.887. The number of rotatable bonds is 4. The maximum absolute atomic E-state index is 10.9. The number of benzene rings is 1. The van der Waals surface area contributed by atoms with Crippen LogP contribution in [0.25, 0.3) is 0 Å². The first-order chi connectivity index (χ1) is 8.56. The van der Waals surface area contributed by atoms with Gasteiger partial charge in [-0.15, -0.1) is 0 Å². The number of hydrogen-bond acceptors (Lipinski definition) is 3. The smallest absolute Gasteiger partial charge is 0.335 e. The molecule has 94 valence electrons. The fourth-order valence-electron chi connectivity index (χ4n) is 1.57. The van der Waals surface area contributed by atoms with Crippen molar-refractivity contribution in [2.24, 2.45) is 0 Å². The van der Waals surface area contributed by atoms with E-state index in [0.717, 1.165) is 11.3 Å². The first-order valence-electron chi connectivity index (χ1n) is 5.38. The van der Waals surface area contributed by atoms with Crippen LogP contribution in [0.1, 0.15) is 21.7 Å². The highest BCUT2D eigenvalue weighted by Gasteiger charge is 2.06. The Balaban J connectivity index is 2.13. The molecule has 0 aliphatic rings. The van der Waals surface area contributed by atoms with Gasteiger partial charge in [0.15, 0.2) is 5.22 Å². The van der Waals surface area contributed by atoms with Gasteiger partial charge >= 0.3 is 5.97 Å². The van der Waals surface area contributed by atoms with Crippen LogP contribution in [-0.2, 0) is 6.54 Å². The SMILES string of the molecule is Cc1ccc(C(=O)O)cc1NCc1ccc(Cl)o1. The van der Waals surface area contributed by atoms with Crippen molar-refractivity contribution in [3.05, 3.63) is 52.4 Å². The Bertz CT molecular complexity index is 577. The fourth-order valence-corrected chi connectivity index (χ4v) is 1.74. The summed E-state index contributed by atoms with van der Waals surface area (Å²) in [5, 5.41) is 12.4. The zero-order valence-electron chi connectivity index (χ0n) is 9.74. The highest BCUT2D eigenvalue weighted by Crippen LogP contribution is 2.19. The van der Waals surface area contributed by atoms with Crippen molar-refractivity contribution in [3.63, 3.8) is 0 Å². The van der Waals surface area contributed by atoms with E-state index >= 15 is 0 Å². The molecule has 0 spiro atoms. The largest absolute Gasteiger partial charge is 0.478 e. The molecule has 0 saturated heterocycles. The van der Waals surface area contributed by atoms with Crippen LogP contribution in [0.4, 0.5) is 5.69 Å². The Morgan fingerprint density at radius 2 is 2.17 bits per heavy atom. The number of carboxylic acids is 1. The maximum atomic E-state index is 10.9. The number of anilines is 1. The number of aromatic carboxylic acids is 1. The van der Waals surface area contributed by atoms with Crippen LogP contribution < -0.4 is 5.32 Å². The monoisotopic (exact) mass is 265 g/mol. The van der Waals surface area contributed by atoms with Crippen molar-refractivity contribution < 1.29 is 14.3 Å². The van der Waals surface area contributed by atoms with Gasteiger partial charge in [0.25, 0.3) is 0 Å². The van der Waals surface area contributed by atoms with E-state index in [4.69, 9.17) is 21.1 Å². The van der Waals surface area contributed by atoms with Crippen LogP contribution in [0.3, 0.4) is 0 Å². The zero-order valence-corrected chi connectivity index (χ0v) is 10.5. The average Bonchev–Trinajstić information content (AvgIpc) is 2.74. The van der Waals surface area contributed by atoms with Gasteiger partial charge in [-0.05, 0) is 48.4 Å². The molecule has 1 heterocycles. The van der Waals surface area contributed by atoms with Crippen molar-refractivity contribution in [2.45, 2.75) is 13.5 Å². The van der Waals surface area contributed by atoms with Crippen molar-refractivity contribution in [1.29, 1.82) is 0 Å². The van der Waals surface area contributed by atoms with E-state index in [0.29, 0.717) is 17.5 Å². The number of aryl methyl sites for hydroxylation is 1. The second kappa shape index (κ2) is 5.14. The van der Waals surface area contributed by atoms with Crippen molar-refractivity contribution in [2.75, 3.05) is 5.32 Å². The molecule has 18 heavy (non-hydrogen) atoms. The van der Waals surface area contributed by atoms with Crippen LogP contribution >= 0.6 is 11.6 Å². The molecule has 1 aromatic heterocycles. The van der Waals surface area contributed by atoms with Crippen LogP contribution in [0.15, 0.2) is 34.7 Å². The molecule has 0 aliphatic heterocycles. The molecule has 1 aromatic carbocycles. The van der Waals surface area contributed by atoms with Gasteiger partial charge in [-0.1, -0.05) is 6.07 Å². The molecule has 0 fully saturated rings. The van der Waals surface area contributed by atoms with Crippen molar-refractivity contribution in [1.82, 2.24) is 0 Å². The molecule has 0 unspecified atom stereocenters. The summed E-state index contributed by atoms with van der Waals surface area (Å²) < 4.78 is 5.21. The van der Waals surface area contributed by atoms with E-state index in [9.17, 15) is 4.79 Å². The van der Waals surface area contributed by atoms with E-state index in [2.05, 4.69) is 5.32 Å². The fraction of sp³-hybridized carbons (Fsp3) is 0.154. The number of furan rings is 1.